The van der Waals surface area contributed by atoms with Gasteiger partial charge < -0.3 is 26.2 Å². The highest BCUT2D eigenvalue weighted by Gasteiger charge is 2.40. The van der Waals surface area contributed by atoms with E-state index in [9.17, 15) is 23.2 Å². The molecule has 2 atom stereocenters. The lowest BCUT2D eigenvalue weighted by Gasteiger charge is -2.32. The Bertz CT molecular complexity index is 1470. The number of urea groups is 1. The summed E-state index contributed by atoms with van der Waals surface area (Å²) in [6.07, 6.45) is -0.235. The normalized spacial score (nSPS) is 20.0. The first-order valence-corrected chi connectivity index (χ1v) is 13.8. The van der Waals surface area contributed by atoms with E-state index in [2.05, 4.69) is 27.5 Å². The molecule has 0 aliphatic carbocycles. The van der Waals surface area contributed by atoms with Gasteiger partial charge in [-0.15, -0.1) is 0 Å². The molecule has 2 aliphatic rings. The summed E-state index contributed by atoms with van der Waals surface area (Å²) < 4.78 is 30.5. The fourth-order valence-electron chi connectivity index (χ4n) is 5.40. The Labute approximate surface area is 241 Å². The van der Waals surface area contributed by atoms with E-state index in [1.165, 1.54) is 10.8 Å². The molecule has 4 amide bonds. The molecule has 2 saturated heterocycles. The lowest BCUT2D eigenvalue weighted by atomic mass is 10.1. The molecule has 5 rings (SSSR count). The van der Waals surface area contributed by atoms with Gasteiger partial charge in [-0.25, -0.2) is 18.4 Å². The second-order valence-electron chi connectivity index (χ2n) is 10.5. The van der Waals surface area contributed by atoms with Crippen molar-refractivity contribution in [3.8, 4) is 0 Å². The standard InChI is InChI=1S/C28H32ClF2N7O3/c1-35-6-8-36(9-7-35)14-17-10-18(25(31)21(29)11-17)13-33-26(39)24-12-19(30)15-38(24)28(41)34-22-16-37(27(32)40)23-5-3-2-4-20(22)23/h2-5,10-11,16,19,24H,6-9,12-15H2,1H3,(H2,32,40)(H,33,39)(H,34,41)/t19-,24+/m1/s1. The van der Waals surface area contributed by atoms with Crippen molar-refractivity contribution in [3.05, 3.63) is 64.6 Å². The van der Waals surface area contributed by atoms with Gasteiger partial charge in [0, 0.05) is 62.8 Å². The van der Waals surface area contributed by atoms with E-state index >= 15 is 0 Å². The molecule has 0 unspecified atom stereocenters. The lowest BCUT2D eigenvalue weighted by Crippen LogP contribution is -2.47. The quantitative estimate of drug-likeness (QED) is 0.409. The number of likely N-dealkylation sites (N-methyl/N-ethyl adjacent to an activating group) is 1. The maximum absolute atomic E-state index is 14.9. The summed E-state index contributed by atoms with van der Waals surface area (Å²) in [7, 11) is 2.07. The molecule has 2 aliphatic heterocycles. The number of nitrogens with zero attached hydrogens (tertiary/aromatic N) is 4. The summed E-state index contributed by atoms with van der Waals surface area (Å²) in [5, 5.41) is 5.84. The molecule has 13 heteroatoms. The average molecular weight is 588 g/mol. The number of alkyl halides is 1. The zero-order chi connectivity index (χ0) is 29.3. The van der Waals surface area contributed by atoms with Crippen LogP contribution in [0.25, 0.3) is 10.9 Å². The fraction of sp³-hybridized carbons (Fsp3) is 0.393. The van der Waals surface area contributed by atoms with Gasteiger partial charge in [0.15, 0.2) is 0 Å². The van der Waals surface area contributed by atoms with Crippen LogP contribution in [0.5, 0.6) is 0 Å². The largest absolute Gasteiger partial charge is 0.351 e. The van der Waals surface area contributed by atoms with E-state index in [0.29, 0.717) is 23.1 Å². The van der Waals surface area contributed by atoms with Crippen molar-refractivity contribution in [1.82, 2.24) is 24.6 Å². The van der Waals surface area contributed by atoms with Crippen LogP contribution in [0, 0.1) is 5.82 Å². The van der Waals surface area contributed by atoms with Crippen LogP contribution in [0.15, 0.2) is 42.6 Å². The Kier molecular flexibility index (Phi) is 8.43. The molecule has 3 heterocycles. The number of fused-ring (bicyclic) bond motifs is 1. The molecule has 3 aromatic rings. The number of piperazine rings is 1. The molecule has 1 aromatic heterocycles. The van der Waals surface area contributed by atoms with E-state index < -0.39 is 36.0 Å². The third-order valence-electron chi connectivity index (χ3n) is 7.62. The minimum Gasteiger partial charge on any atom is -0.351 e. The van der Waals surface area contributed by atoms with Crippen LogP contribution >= 0.6 is 11.6 Å². The zero-order valence-corrected chi connectivity index (χ0v) is 23.3. The van der Waals surface area contributed by atoms with E-state index in [0.717, 1.165) is 36.6 Å². The number of hydrogen-bond acceptors (Lipinski definition) is 5. The summed E-state index contributed by atoms with van der Waals surface area (Å²) in [5.41, 5.74) is 7.26. The Morgan fingerprint density at radius 1 is 1.12 bits per heavy atom. The van der Waals surface area contributed by atoms with Gasteiger partial charge in [0.2, 0.25) is 5.91 Å². The number of likely N-dealkylation sites (tertiary alicyclic amines) is 1. The number of anilines is 1. The van der Waals surface area contributed by atoms with Crippen LogP contribution in [0.3, 0.4) is 0 Å². The Morgan fingerprint density at radius 3 is 2.59 bits per heavy atom. The van der Waals surface area contributed by atoms with Gasteiger partial charge in [-0.1, -0.05) is 29.8 Å². The predicted octanol–water partition coefficient (Wildman–Crippen LogP) is 3.37. The number of rotatable bonds is 6. The topological polar surface area (TPSA) is 116 Å². The molecular formula is C28H32ClF2N7O3. The van der Waals surface area contributed by atoms with E-state index in [4.69, 9.17) is 17.3 Å². The van der Waals surface area contributed by atoms with Crippen LogP contribution in [0.2, 0.25) is 5.02 Å². The summed E-state index contributed by atoms with van der Waals surface area (Å²) in [4.78, 5) is 43.8. The number of nitrogens with one attached hydrogen (secondary N) is 2. The second kappa shape index (κ2) is 12.0. The SMILES string of the molecule is CN1CCN(Cc2cc(Cl)c(F)c(CNC(=O)[C@@H]3C[C@@H](F)CN3C(=O)Nc3cn(C(N)=O)c4ccccc34)c2)CC1. The average Bonchev–Trinajstić information content (AvgIpc) is 3.52. The molecule has 0 bridgehead atoms. The predicted molar refractivity (Wildman–Crippen MR) is 152 cm³/mol. The molecule has 2 fully saturated rings. The number of amides is 4. The number of halogens is 3. The highest BCUT2D eigenvalue weighted by molar-refractivity contribution is 6.30. The summed E-state index contributed by atoms with van der Waals surface area (Å²) in [6, 6.07) is 7.54. The fourth-order valence-corrected chi connectivity index (χ4v) is 5.66. The van der Waals surface area contributed by atoms with Gasteiger partial charge in [0.25, 0.3) is 0 Å². The number of nitrogens with two attached hydrogens (primary N) is 1. The minimum absolute atomic E-state index is 0.0401. The minimum atomic E-state index is -1.42. The van der Waals surface area contributed by atoms with Gasteiger partial charge in [-0.2, -0.15) is 0 Å². The van der Waals surface area contributed by atoms with E-state index in [1.54, 1.807) is 36.4 Å². The number of hydrogen-bond donors (Lipinski definition) is 3. The molecule has 41 heavy (non-hydrogen) atoms. The van der Waals surface area contributed by atoms with Crippen molar-refractivity contribution in [2.75, 3.05) is 45.1 Å². The van der Waals surface area contributed by atoms with Gasteiger partial charge in [0.1, 0.15) is 18.0 Å². The first-order chi connectivity index (χ1) is 19.6. The van der Waals surface area contributed by atoms with Gasteiger partial charge >= 0.3 is 12.1 Å². The smallest absolute Gasteiger partial charge is 0.323 e. The number of carbonyl (C=O) groups excluding carboxylic acids is 3. The van der Waals surface area contributed by atoms with Crippen molar-refractivity contribution in [2.45, 2.75) is 31.7 Å². The van der Waals surface area contributed by atoms with Crippen LogP contribution in [0.4, 0.5) is 24.1 Å². The monoisotopic (exact) mass is 587 g/mol. The van der Waals surface area contributed by atoms with Crippen molar-refractivity contribution >= 4 is 46.2 Å². The van der Waals surface area contributed by atoms with Gasteiger partial charge in [-0.3, -0.25) is 14.3 Å². The second-order valence-corrected chi connectivity index (χ2v) is 11.0. The molecule has 4 N–H and O–H groups in total. The van der Waals surface area contributed by atoms with Gasteiger partial charge in [0.05, 0.1) is 22.8 Å². The molecule has 0 saturated carbocycles. The number of benzene rings is 2. The van der Waals surface area contributed by atoms with Gasteiger partial charge in [-0.05, 0) is 30.8 Å². The number of primary amides is 1. The van der Waals surface area contributed by atoms with Crippen molar-refractivity contribution in [3.63, 3.8) is 0 Å². The maximum atomic E-state index is 14.9. The molecule has 218 valence electrons. The molecule has 10 nitrogen and oxygen atoms in total. The lowest BCUT2D eigenvalue weighted by molar-refractivity contribution is -0.124. The Balaban J connectivity index is 1.26. The van der Waals surface area contributed by atoms with Crippen molar-refractivity contribution < 1.29 is 23.2 Å². The first kappa shape index (κ1) is 28.8. The Morgan fingerprint density at radius 2 is 1.85 bits per heavy atom. The summed E-state index contributed by atoms with van der Waals surface area (Å²) in [5.74, 6) is -1.25. The van der Waals surface area contributed by atoms with Crippen LogP contribution < -0.4 is 16.4 Å². The van der Waals surface area contributed by atoms with Crippen molar-refractivity contribution in [1.29, 1.82) is 0 Å². The van der Waals surface area contributed by atoms with E-state index in [1.807, 2.05) is 0 Å². The molecule has 0 radical (unpaired) electrons. The zero-order valence-electron chi connectivity index (χ0n) is 22.6. The third kappa shape index (κ3) is 6.29. The number of aromatic nitrogens is 1. The first-order valence-electron chi connectivity index (χ1n) is 13.4. The van der Waals surface area contributed by atoms with E-state index in [-0.39, 0.29) is 30.1 Å². The van der Waals surface area contributed by atoms with Crippen LogP contribution in [-0.2, 0) is 17.9 Å². The van der Waals surface area contributed by atoms with Crippen molar-refractivity contribution in [2.24, 2.45) is 5.73 Å². The summed E-state index contributed by atoms with van der Waals surface area (Å²) >= 11 is 6.17. The third-order valence-corrected chi connectivity index (χ3v) is 7.90. The maximum Gasteiger partial charge on any atom is 0.323 e. The number of para-hydroxylation sites is 1. The van der Waals surface area contributed by atoms with Crippen LogP contribution in [0.1, 0.15) is 17.5 Å². The summed E-state index contributed by atoms with van der Waals surface area (Å²) in [6.45, 7) is 3.77. The number of carbonyl (C=O) groups is 3. The highest BCUT2D eigenvalue weighted by atomic mass is 35.5. The molecule has 0 spiro atoms. The molecule has 2 aromatic carbocycles. The Hall–Kier alpha value is -3.74. The molecular weight excluding hydrogens is 556 g/mol. The highest BCUT2D eigenvalue weighted by Crippen LogP contribution is 2.28. The van der Waals surface area contributed by atoms with Crippen LogP contribution in [-0.4, -0.2) is 89.2 Å².